The molecule has 0 saturated carbocycles. The average Bonchev–Trinajstić information content (AvgIpc) is 3.10. The maximum absolute atomic E-state index is 10.5. The zero-order valence-corrected chi connectivity index (χ0v) is 11.3. The van der Waals surface area contributed by atoms with Crippen molar-refractivity contribution in [2.24, 2.45) is 0 Å². The lowest BCUT2D eigenvalue weighted by molar-refractivity contribution is -0.148. The van der Waals surface area contributed by atoms with Gasteiger partial charge in [-0.1, -0.05) is 6.58 Å². The summed E-state index contributed by atoms with van der Waals surface area (Å²) >= 11 is 0. The molecule has 18 heavy (non-hydrogen) atoms. The molecule has 0 bridgehead atoms. The molecule has 5 nitrogen and oxygen atoms in total. The number of rotatable bonds is 5. The van der Waals surface area contributed by atoms with Gasteiger partial charge in [0.2, 0.25) is 0 Å². The molecule has 0 radical (unpaired) electrons. The fraction of sp³-hybridized carbons (Fsp3) is 0.769. The molecule has 2 heterocycles. The first-order valence-electron chi connectivity index (χ1n) is 6.07. The fourth-order valence-electron chi connectivity index (χ4n) is 1.00. The Hall–Kier alpha value is -0.910. The lowest BCUT2D eigenvalue weighted by Gasteiger charge is -2.17. The molecule has 5 heteroatoms. The number of hydrogen-bond acceptors (Lipinski definition) is 5. The van der Waals surface area contributed by atoms with Crippen LogP contribution in [0.5, 0.6) is 0 Å². The zero-order valence-electron chi connectivity index (χ0n) is 11.3. The summed E-state index contributed by atoms with van der Waals surface area (Å²) in [7, 11) is 0. The summed E-state index contributed by atoms with van der Waals surface area (Å²) in [6, 6.07) is 0. The second-order valence-corrected chi connectivity index (χ2v) is 5.19. The summed E-state index contributed by atoms with van der Waals surface area (Å²) in [5, 5.41) is 0. The molecule has 2 rings (SSSR count). The van der Waals surface area contributed by atoms with Crippen molar-refractivity contribution >= 4 is 5.97 Å². The van der Waals surface area contributed by atoms with Crippen LogP contribution in [0.25, 0.3) is 0 Å². The highest BCUT2D eigenvalue weighted by atomic mass is 16.6. The zero-order chi connectivity index (χ0) is 13.6. The van der Waals surface area contributed by atoms with Gasteiger partial charge in [0.05, 0.1) is 26.4 Å². The maximum atomic E-state index is 10.5. The van der Waals surface area contributed by atoms with Crippen molar-refractivity contribution in [2.45, 2.75) is 38.6 Å². The number of ether oxygens (including phenoxy) is 4. The van der Waals surface area contributed by atoms with Gasteiger partial charge in [-0.3, -0.25) is 0 Å². The highest BCUT2D eigenvalue weighted by molar-refractivity contribution is 5.81. The minimum Gasteiger partial charge on any atom is -0.457 e. The predicted molar refractivity (Wildman–Crippen MR) is 66.3 cm³/mol. The van der Waals surface area contributed by atoms with Crippen LogP contribution >= 0.6 is 0 Å². The van der Waals surface area contributed by atoms with Gasteiger partial charge in [-0.2, -0.15) is 0 Å². The summed E-state index contributed by atoms with van der Waals surface area (Å²) in [4.78, 5) is 10.5. The van der Waals surface area contributed by atoms with E-state index in [1.54, 1.807) is 0 Å². The van der Waals surface area contributed by atoms with Crippen LogP contribution in [0.15, 0.2) is 12.7 Å². The first-order valence-corrected chi connectivity index (χ1v) is 6.07. The van der Waals surface area contributed by atoms with Crippen molar-refractivity contribution in [1.29, 1.82) is 0 Å². The van der Waals surface area contributed by atoms with E-state index in [-0.39, 0.29) is 5.97 Å². The van der Waals surface area contributed by atoms with E-state index in [2.05, 4.69) is 6.58 Å². The molecule has 0 aromatic rings. The van der Waals surface area contributed by atoms with Gasteiger partial charge in [0.25, 0.3) is 0 Å². The van der Waals surface area contributed by atoms with Gasteiger partial charge >= 0.3 is 5.97 Å². The standard InChI is InChI=1S/C7H12O2.C6H10O3/c1-5-6(8)9-7(2,3)4;1(5-3-8-5)7-2-6-4-9-6/h5H,1H2,2-4H3;5-6H,1-4H2. The molecular formula is C13H22O5. The topological polar surface area (TPSA) is 60.6 Å². The second kappa shape index (κ2) is 6.87. The molecule has 2 saturated heterocycles. The third kappa shape index (κ3) is 9.15. The molecule has 0 N–H and O–H groups in total. The molecule has 104 valence electrons. The van der Waals surface area contributed by atoms with Crippen LogP contribution in [0.3, 0.4) is 0 Å². The monoisotopic (exact) mass is 258 g/mol. The van der Waals surface area contributed by atoms with E-state index in [9.17, 15) is 4.79 Å². The van der Waals surface area contributed by atoms with Gasteiger partial charge in [-0.25, -0.2) is 4.79 Å². The Kier molecular flexibility index (Phi) is 5.78. The van der Waals surface area contributed by atoms with Crippen LogP contribution in [-0.2, 0) is 23.7 Å². The van der Waals surface area contributed by atoms with Crippen molar-refractivity contribution < 1.29 is 23.7 Å². The molecule has 2 atom stereocenters. The van der Waals surface area contributed by atoms with Gasteiger partial charge in [0, 0.05) is 6.08 Å². The van der Waals surface area contributed by atoms with E-state index in [1.807, 2.05) is 20.8 Å². The Morgan fingerprint density at radius 2 is 1.72 bits per heavy atom. The summed E-state index contributed by atoms with van der Waals surface area (Å²) in [6.45, 7) is 12.0. The maximum Gasteiger partial charge on any atom is 0.330 e. The molecular weight excluding hydrogens is 236 g/mol. The van der Waals surface area contributed by atoms with Crippen molar-refractivity contribution in [2.75, 3.05) is 26.4 Å². The first-order chi connectivity index (χ1) is 8.40. The van der Waals surface area contributed by atoms with Crippen LogP contribution in [0, 0.1) is 0 Å². The molecule has 0 aromatic heterocycles. The van der Waals surface area contributed by atoms with Gasteiger partial charge in [-0.15, -0.1) is 0 Å². The minimum atomic E-state index is -0.398. The third-order valence-corrected chi connectivity index (χ3v) is 1.99. The quantitative estimate of drug-likeness (QED) is 0.423. The summed E-state index contributed by atoms with van der Waals surface area (Å²) in [5.74, 6) is -0.373. The molecule has 0 aromatic carbocycles. The van der Waals surface area contributed by atoms with Gasteiger partial charge in [0.1, 0.15) is 17.8 Å². The van der Waals surface area contributed by atoms with E-state index < -0.39 is 5.60 Å². The van der Waals surface area contributed by atoms with E-state index in [4.69, 9.17) is 18.9 Å². The number of epoxide rings is 2. The Morgan fingerprint density at radius 1 is 1.28 bits per heavy atom. The fourth-order valence-corrected chi connectivity index (χ4v) is 1.00. The van der Waals surface area contributed by atoms with Crippen molar-refractivity contribution in [3.63, 3.8) is 0 Å². The van der Waals surface area contributed by atoms with Crippen LogP contribution in [-0.4, -0.2) is 50.2 Å². The number of carbonyl (C=O) groups excluding carboxylic acids is 1. The van der Waals surface area contributed by atoms with Gasteiger partial charge < -0.3 is 18.9 Å². The second-order valence-electron chi connectivity index (χ2n) is 5.19. The molecule has 2 aliphatic heterocycles. The number of carbonyl (C=O) groups is 1. The lowest BCUT2D eigenvalue weighted by Crippen LogP contribution is -2.22. The first kappa shape index (κ1) is 15.1. The molecule has 2 fully saturated rings. The smallest absolute Gasteiger partial charge is 0.330 e. The number of esters is 1. The van der Waals surface area contributed by atoms with E-state index in [1.165, 1.54) is 0 Å². The molecule has 2 aliphatic rings. The van der Waals surface area contributed by atoms with Crippen molar-refractivity contribution in [3.8, 4) is 0 Å². The summed E-state index contributed by atoms with van der Waals surface area (Å²) < 4.78 is 20.0. The van der Waals surface area contributed by atoms with E-state index >= 15 is 0 Å². The Balaban J connectivity index is 0.000000180. The summed E-state index contributed by atoms with van der Waals surface area (Å²) in [6.07, 6.45) is 1.94. The predicted octanol–water partition coefficient (Wildman–Crippen LogP) is 1.31. The summed E-state index contributed by atoms with van der Waals surface area (Å²) in [5.41, 5.74) is -0.398. The highest BCUT2D eigenvalue weighted by Gasteiger charge is 2.26. The van der Waals surface area contributed by atoms with E-state index in [0.29, 0.717) is 12.2 Å². The Morgan fingerprint density at radius 3 is 1.94 bits per heavy atom. The van der Waals surface area contributed by atoms with Gasteiger partial charge in [-0.05, 0) is 20.8 Å². The van der Waals surface area contributed by atoms with Crippen molar-refractivity contribution in [1.82, 2.24) is 0 Å². The normalized spacial score (nSPS) is 24.6. The van der Waals surface area contributed by atoms with Crippen molar-refractivity contribution in [3.05, 3.63) is 12.7 Å². The third-order valence-electron chi connectivity index (χ3n) is 1.99. The average molecular weight is 258 g/mol. The molecule has 0 amide bonds. The number of hydrogen-bond donors (Lipinski definition) is 0. The lowest BCUT2D eigenvalue weighted by atomic mass is 10.2. The minimum absolute atomic E-state index is 0.373. The van der Waals surface area contributed by atoms with Gasteiger partial charge in [0.15, 0.2) is 0 Å². The molecule has 0 aliphatic carbocycles. The van der Waals surface area contributed by atoms with E-state index in [0.717, 1.165) is 32.5 Å². The molecule has 2 unspecified atom stereocenters. The van der Waals surface area contributed by atoms with Crippen LogP contribution in [0.2, 0.25) is 0 Å². The SMILES string of the molecule is C(OCC1CO1)C1CO1.C=CC(=O)OC(C)(C)C. The highest BCUT2D eigenvalue weighted by Crippen LogP contribution is 2.12. The van der Waals surface area contributed by atoms with Crippen LogP contribution in [0.1, 0.15) is 20.8 Å². The Labute approximate surface area is 108 Å². The van der Waals surface area contributed by atoms with Crippen LogP contribution < -0.4 is 0 Å². The largest absolute Gasteiger partial charge is 0.457 e. The Bertz CT molecular complexity index is 262. The van der Waals surface area contributed by atoms with Crippen LogP contribution in [0.4, 0.5) is 0 Å². The molecule has 0 spiro atoms.